The van der Waals surface area contributed by atoms with Crippen LogP contribution in [0.15, 0.2) is 70.6 Å². The van der Waals surface area contributed by atoms with Crippen molar-refractivity contribution in [3.63, 3.8) is 0 Å². The Kier molecular flexibility index (Phi) is 4.97. The molecule has 176 valence electrons. The number of benzene rings is 2. The van der Waals surface area contributed by atoms with Crippen LogP contribution in [0.3, 0.4) is 0 Å². The maximum Gasteiger partial charge on any atom is 0.157 e. The normalized spacial score (nSPS) is 19.3. The molecule has 1 aliphatic carbocycles. The Morgan fingerprint density at radius 3 is 2.63 bits per heavy atom. The van der Waals surface area contributed by atoms with Crippen molar-refractivity contribution in [1.82, 2.24) is 14.4 Å². The molecule has 2 N–H and O–H groups in total. The first-order chi connectivity index (χ1) is 17.0. The molecule has 0 radical (unpaired) electrons. The summed E-state index contributed by atoms with van der Waals surface area (Å²) in [7, 11) is 0. The van der Waals surface area contributed by atoms with E-state index in [2.05, 4.69) is 45.7 Å². The molecule has 35 heavy (non-hydrogen) atoms. The van der Waals surface area contributed by atoms with Crippen molar-refractivity contribution >= 4 is 57.6 Å². The molecule has 1 aliphatic heterocycles. The molecule has 0 saturated carbocycles. The summed E-state index contributed by atoms with van der Waals surface area (Å²) in [5, 5.41) is 1.12. The molecule has 8 heteroatoms. The topological polar surface area (TPSA) is 59.5 Å². The molecule has 1 saturated heterocycles. The monoisotopic (exact) mass is 519 g/mol. The maximum atomic E-state index is 6.79. The third-order valence-electron chi connectivity index (χ3n) is 7.83. The van der Waals surface area contributed by atoms with E-state index in [0.29, 0.717) is 10.0 Å². The van der Waals surface area contributed by atoms with E-state index in [9.17, 15) is 0 Å². The zero-order chi connectivity index (χ0) is 23.7. The number of pyridine rings is 1. The van der Waals surface area contributed by atoms with Crippen LogP contribution >= 0.6 is 35.0 Å². The smallest absolute Gasteiger partial charge is 0.157 e. The van der Waals surface area contributed by atoms with Gasteiger partial charge in [-0.25, -0.2) is 9.97 Å². The summed E-state index contributed by atoms with van der Waals surface area (Å²) in [5.74, 6) is 1.01. The Bertz CT molecular complexity index is 1570. The van der Waals surface area contributed by atoms with Gasteiger partial charge < -0.3 is 10.6 Å². The number of rotatable bonds is 3. The van der Waals surface area contributed by atoms with Crippen molar-refractivity contribution < 1.29 is 0 Å². The van der Waals surface area contributed by atoms with Gasteiger partial charge in [0.05, 0.1) is 21.1 Å². The molecule has 1 spiro atoms. The van der Waals surface area contributed by atoms with Crippen LogP contribution in [0.4, 0.5) is 5.82 Å². The summed E-state index contributed by atoms with van der Waals surface area (Å²) in [6.07, 6.45) is 5.15. The quantitative estimate of drug-likeness (QED) is 0.290. The minimum atomic E-state index is 0.114. The molecule has 0 bridgehead atoms. The molecule has 2 aromatic carbocycles. The fourth-order valence-corrected chi connectivity index (χ4v) is 7.36. The second kappa shape index (κ2) is 8.00. The molecule has 3 aromatic heterocycles. The molecule has 7 rings (SSSR count). The Morgan fingerprint density at radius 1 is 0.971 bits per heavy atom. The number of hydrogen-bond donors (Lipinski definition) is 1. The molecule has 4 heterocycles. The van der Waals surface area contributed by atoms with Crippen LogP contribution in [0, 0.1) is 5.41 Å². The number of fused-ring (bicyclic) bond motifs is 1. The number of hydrogen-bond acceptors (Lipinski definition) is 5. The van der Waals surface area contributed by atoms with Crippen LogP contribution in [-0.4, -0.2) is 27.5 Å². The first kappa shape index (κ1) is 21.7. The van der Waals surface area contributed by atoms with Gasteiger partial charge in [-0.1, -0.05) is 65.3 Å². The molecule has 1 unspecified atom stereocenters. The first-order valence-corrected chi connectivity index (χ1v) is 13.4. The van der Waals surface area contributed by atoms with E-state index in [0.717, 1.165) is 64.8 Å². The average Bonchev–Trinajstić information content (AvgIpc) is 3.55. The molecule has 0 amide bonds. The highest BCUT2D eigenvalue weighted by atomic mass is 35.5. The number of nitrogens with two attached hydrogens (primary N) is 1. The minimum absolute atomic E-state index is 0.114. The number of imidazole rings is 2. The highest BCUT2D eigenvalue weighted by molar-refractivity contribution is 7.99. The minimum Gasteiger partial charge on any atom is -0.355 e. The van der Waals surface area contributed by atoms with E-state index in [-0.39, 0.29) is 11.5 Å². The SMILES string of the molecule is NC1c2ccccc2CC12CCN(c1nc3ccc(Sc4cccc(Cl)c4Cl)c4ncc1n34)CC2. The van der Waals surface area contributed by atoms with E-state index in [4.69, 9.17) is 38.9 Å². The lowest BCUT2D eigenvalue weighted by atomic mass is 9.73. The third kappa shape index (κ3) is 3.27. The standard InChI is InChI=1S/C27H23Cl2N5S/c28-18-6-3-7-20(23(18)29)35-21-8-9-22-32-25(19-15-31-26(21)34(19)22)33-12-10-27(11-13-33)14-16-4-1-2-5-17(16)24(27)30/h1-9,15,24H,10-14,30H2. The van der Waals surface area contributed by atoms with Crippen LogP contribution in [-0.2, 0) is 6.42 Å². The van der Waals surface area contributed by atoms with E-state index in [1.54, 1.807) is 17.8 Å². The van der Waals surface area contributed by atoms with E-state index < -0.39 is 0 Å². The first-order valence-electron chi connectivity index (χ1n) is 11.8. The zero-order valence-electron chi connectivity index (χ0n) is 18.9. The lowest BCUT2D eigenvalue weighted by Gasteiger charge is -2.42. The van der Waals surface area contributed by atoms with Gasteiger partial charge in [0.2, 0.25) is 0 Å². The van der Waals surface area contributed by atoms with Gasteiger partial charge in [-0.15, -0.1) is 0 Å². The number of halogens is 2. The van der Waals surface area contributed by atoms with Crippen LogP contribution in [0.1, 0.15) is 30.0 Å². The second-order valence-corrected chi connectivity index (χ2v) is 11.5. The maximum absolute atomic E-state index is 6.79. The molecular formula is C27H23Cl2N5S. The van der Waals surface area contributed by atoms with Crippen LogP contribution < -0.4 is 10.6 Å². The number of nitrogens with zero attached hydrogens (tertiary/aromatic N) is 4. The lowest BCUT2D eigenvalue weighted by Crippen LogP contribution is -2.44. The van der Waals surface area contributed by atoms with Gasteiger partial charge >= 0.3 is 0 Å². The summed E-state index contributed by atoms with van der Waals surface area (Å²) < 4.78 is 2.15. The van der Waals surface area contributed by atoms with E-state index in [1.807, 2.05) is 18.3 Å². The van der Waals surface area contributed by atoms with Crippen LogP contribution in [0.25, 0.3) is 16.8 Å². The lowest BCUT2D eigenvalue weighted by molar-refractivity contribution is 0.187. The van der Waals surface area contributed by atoms with Crippen molar-refractivity contribution in [1.29, 1.82) is 0 Å². The molecule has 5 nitrogen and oxygen atoms in total. The van der Waals surface area contributed by atoms with Gasteiger partial charge in [-0.05, 0) is 60.1 Å². The van der Waals surface area contributed by atoms with Gasteiger partial charge in [0, 0.05) is 24.0 Å². The Balaban J connectivity index is 1.18. The molecule has 1 atom stereocenters. The molecule has 5 aromatic rings. The van der Waals surface area contributed by atoms with E-state index in [1.165, 1.54) is 11.1 Å². The Hall–Kier alpha value is -2.51. The predicted molar refractivity (Wildman–Crippen MR) is 143 cm³/mol. The summed E-state index contributed by atoms with van der Waals surface area (Å²) >= 11 is 14.2. The summed E-state index contributed by atoms with van der Waals surface area (Å²) in [6.45, 7) is 1.89. The van der Waals surface area contributed by atoms with Gasteiger partial charge in [-0.3, -0.25) is 4.40 Å². The summed E-state index contributed by atoms with van der Waals surface area (Å²) in [4.78, 5) is 14.1. The highest BCUT2D eigenvalue weighted by Gasteiger charge is 2.46. The second-order valence-electron chi connectivity index (χ2n) is 9.65. The molecular weight excluding hydrogens is 497 g/mol. The van der Waals surface area contributed by atoms with E-state index >= 15 is 0 Å². The van der Waals surface area contributed by atoms with Crippen molar-refractivity contribution in [2.75, 3.05) is 18.0 Å². The third-order valence-corrected chi connectivity index (χ3v) is 9.86. The number of piperidine rings is 1. The summed E-state index contributed by atoms with van der Waals surface area (Å²) in [5.41, 5.74) is 12.5. The average molecular weight is 520 g/mol. The number of aromatic nitrogens is 3. The van der Waals surface area contributed by atoms with Crippen molar-refractivity contribution in [3.8, 4) is 0 Å². The number of anilines is 1. The fraction of sp³-hybridized carbons (Fsp3) is 0.259. The predicted octanol–water partition coefficient (Wildman–Crippen LogP) is 6.62. The zero-order valence-corrected chi connectivity index (χ0v) is 21.2. The Labute approximate surface area is 217 Å². The van der Waals surface area contributed by atoms with Gasteiger partial charge in [0.25, 0.3) is 0 Å². The van der Waals surface area contributed by atoms with Gasteiger partial charge in [-0.2, -0.15) is 0 Å². The molecule has 2 aliphatic rings. The van der Waals surface area contributed by atoms with Crippen molar-refractivity contribution in [2.45, 2.75) is 35.1 Å². The highest BCUT2D eigenvalue weighted by Crippen LogP contribution is 2.51. The van der Waals surface area contributed by atoms with Crippen molar-refractivity contribution in [2.24, 2.45) is 11.1 Å². The van der Waals surface area contributed by atoms with Crippen LogP contribution in [0.2, 0.25) is 10.0 Å². The van der Waals surface area contributed by atoms with Gasteiger partial charge in [0.15, 0.2) is 11.5 Å². The van der Waals surface area contributed by atoms with Crippen molar-refractivity contribution in [3.05, 3.63) is 82.0 Å². The fourth-order valence-electron chi connectivity index (χ4n) is 5.93. The Morgan fingerprint density at radius 2 is 1.80 bits per heavy atom. The van der Waals surface area contributed by atoms with Crippen LogP contribution in [0.5, 0.6) is 0 Å². The summed E-state index contributed by atoms with van der Waals surface area (Å²) in [6, 6.07) is 18.6. The molecule has 1 fully saturated rings. The van der Waals surface area contributed by atoms with Gasteiger partial charge in [0.1, 0.15) is 11.2 Å². The largest absolute Gasteiger partial charge is 0.355 e.